The first-order valence-corrected chi connectivity index (χ1v) is 15.8. The molecule has 0 unspecified atom stereocenters. The van der Waals surface area contributed by atoms with Gasteiger partial charge in [0.25, 0.3) is 0 Å². The fourth-order valence-electron chi connectivity index (χ4n) is 5.97. The molecule has 226 valence electrons. The Morgan fingerprint density at radius 3 is 2.52 bits per heavy atom. The molecule has 0 aromatic heterocycles. The first-order valence-electron chi connectivity index (χ1n) is 15.4. The monoisotopic (exact) mass is 592 g/mol. The zero-order chi connectivity index (χ0) is 30.0. The lowest BCUT2D eigenvalue weighted by atomic mass is 9.92. The lowest BCUT2D eigenvalue weighted by Crippen LogP contribution is -2.63. The standard InChI is InChI=1S/C34H45ClN4O3/c1-3-24(2)30-32(41)39-34(18-7-8-19-34)33(42)38-29(23-25-12-10-17-28(35)22-25)31(40)37-20-9-6-15-26-13-4-5-14-27(26)16-11-21-36-30/h4-6,10,12-15,17,22,24,29-30,36H,3,7-9,11,16,18-21,23H2,1-2H3,(H,37,40)(H,38,42)(H,39,41)/b15-6-/t24-,29-,30-/m0/s1. The molecule has 2 aliphatic rings. The number of halogens is 1. The first-order chi connectivity index (χ1) is 20.3. The molecule has 0 bridgehead atoms. The zero-order valence-corrected chi connectivity index (χ0v) is 25.6. The van der Waals surface area contributed by atoms with Crippen LogP contribution in [0.15, 0.2) is 54.6 Å². The minimum atomic E-state index is -1.04. The van der Waals surface area contributed by atoms with E-state index in [1.54, 1.807) is 6.07 Å². The van der Waals surface area contributed by atoms with Crippen molar-refractivity contribution in [1.29, 1.82) is 0 Å². The van der Waals surface area contributed by atoms with Gasteiger partial charge in [0.15, 0.2) is 0 Å². The summed E-state index contributed by atoms with van der Waals surface area (Å²) < 4.78 is 0. The molecule has 42 heavy (non-hydrogen) atoms. The number of nitrogens with one attached hydrogen (secondary N) is 4. The summed E-state index contributed by atoms with van der Waals surface area (Å²) in [7, 11) is 0. The van der Waals surface area contributed by atoms with E-state index in [1.807, 2.05) is 24.3 Å². The van der Waals surface area contributed by atoms with Crippen LogP contribution in [0.4, 0.5) is 0 Å². The van der Waals surface area contributed by atoms with Crippen molar-refractivity contribution in [3.8, 4) is 0 Å². The molecule has 1 heterocycles. The maximum absolute atomic E-state index is 13.9. The number of hydrogen-bond donors (Lipinski definition) is 4. The molecule has 3 amide bonds. The second kappa shape index (κ2) is 15.4. The van der Waals surface area contributed by atoms with Gasteiger partial charge in [0, 0.05) is 18.0 Å². The Labute approximate surface area is 255 Å². The van der Waals surface area contributed by atoms with E-state index >= 15 is 0 Å². The van der Waals surface area contributed by atoms with E-state index in [1.165, 1.54) is 5.56 Å². The number of rotatable bonds is 4. The Bertz CT molecular complexity index is 1260. The van der Waals surface area contributed by atoms with Gasteiger partial charge in [-0.25, -0.2) is 0 Å². The quantitative estimate of drug-likeness (QED) is 0.403. The van der Waals surface area contributed by atoms with Crippen molar-refractivity contribution in [3.05, 3.63) is 76.3 Å². The third kappa shape index (κ3) is 8.45. The fraction of sp³-hybridized carbons (Fsp3) is 0.500. The van der Waals surface area contributed by atoms with Crippen LogP contribution in [0.5, 0.6) is 0 Å². The second-order valence-corrected chi connectivity index (χ2v) is 12.2. The van der Waals surface area contributed by atoms with Crippen LogP contribution in [-0.4, -0.2) is 48.4 Å². The van der Waals surface area contributed by atoms with Gasteiger partial charge in [-0.1, -0.05) is 93.3 Å². The average Bonchev–Trinajstić information content (AvgIpc) is 3.46. The Hall–Kier alpha value is -3.16. The highest BCUT2D eigenvalue weighted by Crippen LogP contribution is 2.31. The lowest BCUT2D eigenvalue weighted by molar-refractivity contribution is -0.137. The van der Waals surface area contributed by atoms with Crippen LogP contribution in [0.3, 0.4) is 0 Å². The molecule has 1 aliphatic heterocycles. The number of aryl methyl sites for hydroxylation is 1. The van der Waals surface area contributed by atoms with Crippen molar-refractivity contribution >= 4 is 35.4 Å². The van der Waals surface area contributed by atoms with E-state index in [0.717, 1.165) is 43.2 Å². The highest BCUT2D eigenvalue weighted by atomic mass is 35.5. The third-order valence-corrected chi connectivity index (χ3v) is 8.89. The molecule has 1 fully saturated rings. The van der Waals surface area contributed by atoms with Gasteiger partial charge < -0.3 is 21.3 Å². The van der Waals surface area contributed by atoms with Crippen molar-refractivity contribution in [1.82, 2.24) is 21.3 Å². The molecule has 1 spiro atoms. The maximum Gasteiger partial charge on any atom is 0.246 e. The SMILES string of the molecule is CC[C@H](C)[C@@H]1NCCCc2ccccc2/C=C\CCNC(=O)[C@H](Cc2cccc(Cl)c2)NC(=O)C2(CCCC2)NC1=O. The zero-order valence-electron chi connectivity index (χ0n) is 24.9. The van der Waals surface area contributed by atoms with Crippen LogP contribution in [0, 0.1) is 5.92 Å². The van der Waals surface area contributed by atoms with Gasteiger partial charge >= 0.3 is 0 Å². The van der Waals surface area contributed by atoms with Crippen LogP contribution in [0.1, 0.15) is 75.5 Å². The smallest absolute Gasteiger partial charge is 0.246 e. The number of carbonyl (C=O) groups is 3. The van der Waals surface area contributed by atoms with Crippen LogP contribution in [-0.2, 0) is 27.2 Å². The molecule has 1 aliphatic carbocycles. The summed E-state index contributed by atoms with van der Waals surface area (Å²) in [4.78, 5) is 41.2. The van der Waals surface area contributed by atoms with Gasteiger partial charge in [0.1, 0.15) is 11.6 Å². The highest BCUT2D eigenvalue weighted by molar-refractivity contribution is 6.30. The molecule has 2 aromatic rings. The minimum Gasteiger partial charge on any atom is -0.354 e. The van der Waals surface area contributed by atoms with Crippen molar-refractivity contribution < 1.29 is 14.4 Å². The molecule has 8 heteroatoms. The molecule has 0 saturated heterocycles. The summed E-state index contributed by atoms with van der Waals surface area (Å²) in [6, 6.07) is 14.4. The second-order valence-electron chi connectivity index (χ2n) is 11.7. The summed E-state index contributed by atoms with van der Waals surface area (Å²) in [6.07, 6.45) is 10.5. The van der Waals surface area contributed by atoms with Crippen LogP contribution in [0.2, 0.25) is 5.02 Å². The summed E-state index contributed by atoms with van der Waals surface area (Å²) in [5.74, 6) is -0.615. The number of carbonyl (C=O) groups excluding carboxylic acids is 3. The summed E-state index contributed by atoms with van der Waals surface area (Å²) in [5, 5.41) is 13.3. The van der Waals surface area contributed by atoms with E-state index in [0.29, 0.717) is 43.8 Å². The van der Waals surface area contributed by atoms with Crippen molar-refractivity contribution in [2.24, 2.45) is 5.92 Å². The van der Waals surface area contributed by atoms with Gasteiger partial charge in [-0.15, -0.1) is 0 Å². The Morgan fingerprint density at radius 1 is 0.976 bits per heavy atom. The van der Waals surface area contributed by atoms with Gasteiger partial charge in [-0.2, -0.15) is 0 Å². The van der Waals surface area contributed by atoms with E-state index in [4.69, 9.17) is 11.6 Å². The summed E-state index contributed by atoms with van der Waals surface area (Å²) >= 11 is 6.22. The van der Waals surface area contributed by atoms with Crippen molar-refractivity contribution in [2.75, 3.05) is 13.1 Å². The van der Waals surface area contributed by atoms with Gasteiger partial charge in [-0.05, 0) is 73.4 Å². The van der Waals surface area contributed by atoms with E-state index in [9.17, 15) is 14.4 Å². The molecule has 3 atom stereocenters. The average molecular weight is 593 g/mol. The van der Waals surface area contributed by atoms with E-state index in [-0.39, 0.29) is 23.6 Å². The van der Waals surface area contributed by atoms with E-state index in [2.05, 4.69) is 65.5 Å². The maximum atomic E-state index is 13.9. The van der Waals surface area contributed by atoms with Crippen molar-refractivity contribution in [2.45, 2.75) is 89.3 Å². The molecule has 0 radical (unpaired) electrons. The van der Waals surface area contributed by atoms with Crippen molar-refractivity contribution in [3.63, 3.8) is 0 Å². The van der Waals surface area contributed by atoms with Gasteiger partial charge in [-0.3, -0.25) is 14.4 Å². The number of benzene rings is 2. The Balaban J connectivity index is 1.62. The molecule has 1 saturated carbocycles. The normalized spacial score (nSPS) is 23.8. The predicted octanol–water partition coefficient (Wildman–Crippen LogP) is 4.97. The third-order valence-electron chi connectivity index (χ3n) is 8.65. The summed E-state index contributed by atoms with van der Waals surface area (Å²) in [5.41, 5.74) is 2.22. The predicted molar refractivity (Wildman–Crippen MR) is 169 cm³/mol. The molecular weight excluding hydrogens is 548 g/mol. The first kappa shape index (κ1) is 31.8. The molecular formula is C34H45ClN4O3. The molecule has 4 rings (SSSR count). The molecule has 2 aromatic carbocycles. The number of hydrogen-bond acceptors (Lipinski definition) is 4. The number of amides is 3. The topological polar surface area (TPSA) is 99.3 Å². The van der Waals surface area contributed by atoms with E-state index < -0.39 is 17.6 Å². The minimum absolute atomic E-state index is 0.0946. The molecule has 7 nitrogen and oxygen atoms in total. The Kier molecular flexibility index (Phi) is 11.6. The Morgan fingerprint density at radius 2 is 1.76 bits per heavy atom. The number of fused-ring (bicyclic) bond motifs is 1. The van der Waals surface area contributed by atoms with Crippen LogP contribution < -0.4 is 21.3 Å². The van der Waals surface area contributed by atoms with Crippen LogP contribution in [0.25, 0.3) is 6.08 Å². The van der Waals surface area contributed by atoms with Crippen LogP contribution >= 0.6 is 11.6 Å². The van der Waals surface area contributed by atoms with Gasteiger partial charge in [0.05, 0.1) is 6.04 Å². The highest BCUT2D eigenvalue weighted by Gasteiger charge is 2.45. The summed E-state index contributed by atoms with van der Waals surface area (Å²) in [6.45, 7) is 5.29. The largest absolute Gasteiger partial charge is 0.354 e. The van der Waals surface area contributed by atoms with Gasteiger partial charge in [0.2, 0.25) is 17.7 Å². The fourth-order valence-corrected chi connectivity index (χ4v) is 6.18. The lowest BCUT2D eigenvalue weighted by Gasteiger charge is -2.34. The molecule has 4 N–H and O–H groups in total.